The highest BCUT2D eigenvalue weighted by atomic mass is 35.5. The van der Waals surface area contributed by atoms with E-state index in [0.717, 1.165) is 0 Å². The molecule has 68 valence electrons. The van der Waals surface area contributed by atoms with Gasteiger partial charge in [0.25, 0.3) is 0 Å². The minimum absolute atomic E-state index is 0.641. The SMILES string of the molecule is CSc1csc2cc(Cl)c(N)cc12. The van der Waals surface area contributed by atoms with Crippen molar-refractivity contribution >= 4 is 50.5 Å². The first kappa shape index (κ1) is 9.19. The van der Waals surface area contributed by atoms with Crippen LogP contribution in [0.15, 0.2) is 22.4 Å². The Bertz CT molecular complexity index is 450. The van der Waals surface area contributed by atoms with Crippen molar-refractivity contribution in [1.29, 1.82) is 0 Å². The molecular formula is C9H8ClNS2. The van der Waals surface area contributed by atoms with Crippen molar-refractivity contribution in [2.75, 3.05) is 12.0 Å². The summed E-state index contributed by atoms with van der Waals surface area (Å²) in [4.78, 5) is 1.27. The van der Waals surface area contributed by atoms with Gasteiger partial charge in [-0.05, 0) is 18.4 Å². The van der Waals surface area contributed by atoms with Crippen LogP contribution in [0.5, 0.6) is 0 Å². The number of anilines is 1. The lowest BCUT2D eigenvalue weighted by Crippen LogP contribution is -1.84. The molecule has 1 aromatic heterocycles. The van der Waals surface area contributed by atoms with Crippen molar-refractivity contribution < 1.29 is 0 Å². The zero-order valence-corrected chi connectivity index (χ0v) is 9.39. The fourth-order valence-electron chi connectivity index (χ4n) is 1.20. The highest BCUT2D eigenvalue weighted by molar-refractivity contribution is 7.99. The summed E-state index contributed by atoms with van der Waals surface area (Å²) >= 11 is 9.35. The predicted molar refractivity (Wildman–Crippen MR) is 63.0 cm³/mol. The van der Waals surface area contributed by atoms with Gasteiger partial charge in [-0.15, -0.1) is 23.1 Å². The minimum Gasteiger partial charge on any atom is -0.398 e. The second kappa shape index (κ2) is 3.40. The molecule has 2 N–H and O–H groups in total. The minimum atomic E-state index is 0.641. The van der Waals surface area contributed by atoms with Gasteiger partial charge in [0.15, 0.2) is 0 Å². The van der Waals surface area contributed by atoms with Gasteiger partial charge in [-0.25, -0.2) is 0 Å². The van der Waals surface area contributed by atoms with Crippen LogP contribution in [0, 0.1) is 0 Å². The van der Waals surface area contributed by atoms with Gasteiger partial charge in [0.2, 0.25) is 0 Å². The Morgan fingerprint density at radius 2 is 2.23 bits per heavy atom. The smallest absolute Gasteiger partial charge is 0.0649 e. The number of nitrogen functional groups attached to an aromatic ring is 1. The van der Waals surface area contributed by atoms with Crippen LogP contribution in [0.1, 0.15) is 0 Å². The van der Waals surface area contributed by atoms with Crippen LogP contribution in [0.25, 0.3) is 10.1 Å². The van der Waals surface area contributed by atoms with Crippen molar-refractivity contribution in [1.82, 2.24) is 0 Å². The first-order valence-electron chi connectivity index (χ1n) is 3.72. The molecule has 0 bridgehead atoms. The second-order valence-corrected chi connectivity index (χ2v) is 4.84. The largest absolute Gasteiger partial charge is 0.398 e. The van der Waals surface area contributed by atoms with Gasteiger partial charge in [-0.3, -0.25) is 0 Å². The van der Waals surface area contributed by atoms with Crippen LogP contribution < -0.4 is 5.73 Å². The molecule has 0 saturated carbocycles. The van der Waals surface area contributed by atoms with Crippen LogP contribution in [-0.2, 0) is 0 Å². The Kier molecular flexibility index (Phi) is 2.41. The molecule has 0 aliphatic carbocycles. The van der Waals surface area contributed by atoms with Gasteiger partial charge >= 0.3 is 0 Å². The average Bonchev–Trinajstić information content (AvgIpc) is 2.48. The Labute approximate surface area is 89.9 Å². The van der Waals surface area contributed by atoms with E-state index in [1.165, 1.54) is 15.0 Å². The molecule has 0 aliphatic heterocycles. The lowest BCUT2D eigenvalue weighted by molar-refractivity contribution is 1.66. The number of thioether (sulfide) groups is 1. The van der Waals surface area contributed by atoms with Crippen LogP contribution in [-0.4, -0.2) is 6.26 Å². The second-order valence-electron chi connectivity index (χ2n) is 2.67. The molecule has 0 radical (unpaired) electrons. The number of hydrogen-bond acceptors (Lipinski definition) is 3. The van der Waals surface area contributed by atoms with Gasteiger partial charge < -0.3 is 5.73 Å². The number of fused-ring (bicyclic) bond motifs is 1. The summed E-state index contributed by atoms with van der Waals surface area (Å²) in [7, 11) is 0. The summed E-state index contributed by atoms with van der Waals surface area (Å²) in [6.45, 7) is 0. The van der Waals surface area contributed by atoms with Crippen LogP contribution in [0.4, 0.5) is 5.69 Å². The fraction of sp³-hybridized carbons (Fsp3) is 0.111. The molecule has 2 aromatic rings. The highest BCUT2D eigenvalue weighted by Crippen LogP contribution is 2.36. The molecule has 1 nitrogen and oxygen atoms in total. The van der Waals surface area contributed by atoms with E-state index >= 15 is 0 Å². The quantitative estimate of drug-likeness (QED) is 0.594. The van der Waals surface area contributed by atoms with E-state index in [1.54, 1.807) is 23.1 Å². The van der Waals surface area contributed by atoms with Crippen molar-refractivity contribution in [2.24, 2.45) is 0 Å². The van der Waals surface area contributed by atoms with Gasteiger partial charge in [0.1, 0.15) is 0 Å². The van der Waals surface area contributed by atoms with E-state index in [1.807, 2.05) is 12.1 Å². The summed E-state index contributed by atoms with van der Waals surface area (Å²) < 4.78 is 1.20. The topological polar surface area (TPSA) is 26.0 Å². The van der Waals surface area contributed by atoms with Gasteiger partial charge in [-0.1, -0.05) is 11.6 Å². The molecule has 2 rings (SSSR count). The molecule has 1 aromatic carbocycles. The molecule has 13 heavy (non-hydrogen) atoms. The third-order valence-electron chi connectivity index (χ3n) is 1.88. The van der Waals surface area contributed by atoms with Gasteiger partial charge in [-0.2, -0.15) is 0 Å². The monoisotopic (exact) mass is 229 g/mol. The van der Waals surface area contributed by atoms with E-state index in [9.17, 15) is 0 Å². The van der Waals surface area contributed by atoms with E-state index in [0.29, 0.717) is 10.7 Å². The zero-order chi connectivity index (χ0) is 9.42. The van der Waals surface area contributed by atoms with Gasteiger partial charge in [0.05, 0.1) is 10.7 Å². The molecule has 0 saturated heterocycles. The van der Waals surface area contributed by atoms with Crippen molar-refractivity contribution in [3.8, 4) is 0 Å². The van der Waals surface area contributed by atoms with E-state index < -0.39 is 0 Å². The molecule has 0 aliphatic rings. The summed E-state index contributed by atoms with van der Waals surface area (Å²) in [5.74, 6) is 0. The third-order valence-corrected chi connectivity index (χ3v) is 4.08. The maximum Gasteiger partial charge on any atom is 0.0649 e. The lowest BCUT2D eigenvalue weighted by atomic mass is 10.2. The molecule has 0 spiro atoms. The molecule has 0 atom stereocenters. The average molecular weight is 230 g/mol. The lowest BCUT2D eigenvalue weighted by Gasteiger charge is -1.98. The number of hydrogen-bond donors (Lipinski definition) is 1. The van der Waals surface area contributed by atoms with Crippen LogP contribution in [0.3, 0.4) is 0 Å². The van der Waals surface area contributed by atoms with Crippen molar-refractivity contribution in [2.45, 2.75) is 4.90 Å². The van der Waals surface area contributed by atoms with Crippen LogP contribution >= 0.6 is 34.7 Å². The molecule has 1 heterocycles. The first-order chi connectivity index (χ1) is 6.22. The van der Waals surface area contributed by atoms with Crippen molar-refractivity contribution in [3.63, 3.8) is 0 Å². The van der Waals surface area contributed by atoms with E-state index in [-0.39, 0.29) is 0 Å². The molecule has 0 fully saturated rings. The highest BCUT2D eigenvalue weighted by Gasteiger charge is 2.05. The number of rotatable bonds is 1. The number of nitrogens with two attached hydrogens (primary N) is 1. The Morgan fingerprint density at radius 1 is 1.46 bits per heavy atom. The maximum absolute atomic E-state index is 5.91. The zero-order valence-electron chi connectivity index (χ0n) is 7.00. The Hall–Kier alpha value is -0.380. The predicted octanol–water partition coefficient (Wildman–Crippen LogP) is 3.86. The standard InChI is InChI=1S/C9H8ClNS2/c1-12-9-4-13-8-3-6(10)7(11)2-5(8)9/h2-4H,11H2,1H3. The summed E-state index contributed by atoms with van der Waals surface area (Å²) in [6, 6.07) is 3.87. The van der Waals surface area contributed by atoms with Crippen LogP contribution in [0.2, 0.25) is 5.02 Å². The summed E-state index contributed by atoms with van der Waals surface area (Å²) in [6.07, 6.45) is 2.06. The Morgan fingerprint density at radius 3 is 2.92 bits per heavy atom. The summed E-state index contributed by atoms with van der Waals surface area (Å²) in [5, 5.41) is 3.98. The van der Waals surface area contributed by atoms with Gasteiger partial charge in [0, 0.05) is 20.4 Å². The van der Waals surface area contributed by atoms with E-state index in [2.05, 4.69) is 11.6 Å². The number of benzene rings is 1. The maximum atomic E-state index is 5.91. The van der Waals surface area contributed by atoms with E-state index in [4.69, 9.17) is 17.3 Å². The normalized spacial score (nSPS) is 10.9. The molecule has 4 heteroatoms. The summed E-state index contributed by atoms with van der Waals surface area (Å²) in [5.41, 5.74) is 6.39. The third kappa shape index (κ3) is 1.52. The molecule has 0 unspecified atom stereocenters. The molecule has 0 amide bonds. The fourth-order valence-corrected chi connectivity index (χ4v) is 3.25. The molecular weight excluding hydrogens is 222 g/mol. The number of halogens is 1. The Balaban J connectivity index is 2.77. The van der Waals surface area contributed by atoms with Crippen molar-refractivity contribution in [3.05, 3.63) is 22.5 Å². The first-order valence-corrected chi connectivity index (χ1v) is 6.21. The number of thiophene rings is 1.